The summed E-state index contributed by atoms with van der Waals surface area (Å²) in [4.78, 5) is 19.4. The topological polar surface area (TPSA) is 79.6 Å². The van der Waals surface area contributed by atoms with E-state index in [0.29, 0.717) is 15.9 Å². The van der Waals surface area contributed by atoms with E-state index in [2.05, 4.69) is 32.7 Å². The summed E-state index contributed by atoms with van der Waals surface area (Å²) in [5, 5.41) is 7.02. The molecule has 2 aromatic heterocycles. The monoisotopic (exact) mass is 498 g/mol. The zero-order valence-electron chi connectivity index (χ0n) is 17.3. The summed E-state index contributed by atoms with van der Waals surface area (Å²) in [6.45, 7) is 3.22. The molecule has 10 heteroatoms. The number of amides is 1. The summed E-state index contributed by atoms with van der Waals surface area (Å²) >= 11 is 12.7. The third-order valence-electron chi connectivity index (χ3n) is 5.15. The summed E-state index contributed by atoms with van der Waals surface area (Å²) in [5.41, 5.74) is 2.84. The number of hydrogen-bond acceptors (Lipinski definition) is 7. The molecule has 1 saturated heterocycles. The predicted molar refractivity (Wildman–Crippen MR) is 135 cm³/mol. The van der Waals surface area contributed by atoms with Gasteiger partial charge in [-0.1, -0.05) is 22.9 Å². The third kappa shape index (κ3) is 5.01. The minimum atomic E-state index is -0.441. The SMILES string of the molecule is O=C(NC(=S)Nc1nc2ccc(N3CCOCC3)cc2s1)c1ccc(-c2ccc(Cl)cc2)o1. The number of halogens is 1. The van der Waals surface area contributed by atoms with Gasteiger partial charge in [0, 0.05) is 29.4 Å². The van der Waals surface area contributed by atoms with Crippen molar-refractivity contribution in [2.45, 2.75) is 0 Å². The third-order valence-corrected chi connectivity index (χ3v) is 6.54. The Labute approximate surface area is 204 Å². The van der Waals surface area contributed by atoms with Crippen molar-refractivity contribution in [3.8, 4) is 11.3 Å². The number of benzene rings is 2. The number of ether oxygens (including phenoxy) is 1. The molecule has 3 heterocycles. The molecule has 0 radical (unpaired) electrons. The molecule has 0 aliphatic carbocycles. The number of carbonyl (C=O) groups is 1. The van der Waals surface area contributed by atoms with Gasteiger partial charge in [0.1, 0.15) is 5.76 Å². The zero-order chi connectivity index (χ0) is 22.8. The van der Waals surface area contributed by atoms with Crippen molar-refractivity contribution in [2.24, 2.45) is 0 Å². The Balaban J connectivity index is 1.23. The van der Waals surface area contributed by atoms with Crippen molar-refractivity contribution in [1.82, 2.24) is 10.3 Å². The van der Waals surface area contributed by atoms with Crippen LogP contribution in [0, 0.1) is 0 Å². The number of anilines is 2. The summed E-state index contributed by atoms with van der Waals surface area (Å²) in [7, 11) is 0. The van der Waals surface area contributed by atoms with Crippen molar-refractivity contribution in [1.29, 1.82) is 0 Å². The Morgan fingerprint density at radius 1 is 1.09 bits per heavy atom. The number of carbonyl (C=O) groups excluding carboxylic acids is 1. The van der Waals surface area contributed by atoms with Crippen molar-refractivity contribution in [3.63, 3.8) is 0 Å². The number of aromatic nitrogens is 1. The molecular formula is C23H19ClN4O3S2. The molecule has 0 unspecified atom stereocenters. The van der Waals surface area contributed by atoms with E-state index in [4.69, 9.17) is 33.0 Å². The van der Waals surface area contributed by atoms with Crippen LogP contribution in [0.5, 0.6) is 0 Å². The van der Waals surface area contributed by atoms with Gasteiger partial charge in [-0.05, 0) is 66.8 Å². The van der Waals surface area contributed by atoms with Crippen molar-refractivity contribution in [3.05, 3.63) is 65.4 Å². The van der Waals surface area contributed by atoms with Crippen LogP contribution in [0.4, 0.5) is 10.8 Å². The molecule has 4 aromatic rings. The molecule has 33 heavy (non-hydrogen) atoms. The number of rotatable bonds is 4. The standard InChI is InChI=1S/C23H19ClN4O3S2/c24-15-3-1-14(2-4-15)18-7-8-19(31-18)21(29)26-22(32)27-23-25-17-6-5-16(13-20(17)33-23)28-9-11-30-12-10-28/h1-8,13H,9-12H2,(H2,25,26,27,29,32). The molecule has 1 fully saturated rings. The molecule has 168 valence electrons. The van der Waals surface area contributed by atoms with Crippen LogP contribution >= 0.6 is 35.2 Å². The molecule has 1 aliphatic rings. The second-order valence-corrected chi connectivity index (χ2v) is 9.22. The van der Waals surface area contributed by atoms with Crippen LogP contribution in [-0.4, -0.2) is 42.3 Å². The molecule has 2 aromatic carbocycles. The zero-order valence-corrected chi connectivity index (χ0v) is 19.7. The van der Waals surface area contributed by atoms with E-state index in [1.54, 1.807) is 24.3 Å². The van der Waals surface area contributed by atoms with Gasteiger partial charge in [-0.2, -0.15) is 0 Å². The number of hydrogen-bond donors (Lipinski definition) is 2. The highest BCUT2D eigenvalue weighted by molar-refractivity contribution is 7.80. The first-order valence-electron chi connectivity index (χ1n) is 10.3. The second kappa shape index (κ2) is 9.48. The highest BCUT2D eigenvalue weighted by atomic mass is 35.5. The average Bonchev–Trinajstić information content (AvgIpc) is 3.46. The lowest BCUT2D eigenvalue weighted by molar-refractivity contribution is 0.0951. The quantitative estimate of drug-likeness (QED) is 0.375. The van der Waals surface area contributed by atoms with Crippen molar-refractivity contribution >= 4 is 67.2 Å². The van der Waals surface area contributed by atoms with E-state index in [-0.39, 0.29) is 10.9 Å². The van der Waals surface area contributed by atoms with Gasteiger partial charge in [0.25, 0.3) is 5.91 Å². The minimum Gasteiger partial charge on any atom is -0.451 e. The molecule has 2 N–H and O–H groups in total. The van der Waals surface area contributed by atoms with Crippen LogP contribution in [0.25, 0.3) is 21.5 Å². The Kier molecular flexibility index (Phi) is 6.28. The highest BCUT2D eigenvalue weighted by Gasteiger charge is 2.16. The van der Waals surface area contributed by atoms with E-state index in [0.717, 1.165) is 47.8 Å². The van der Waals surface area contributed by atoms with Crippen LogP contribution in [0.15, 0.2) is 59.0 Å². The van der Waals surface area contributed by atoms with E-state index >= 15 is 0 Å². The summed E-state index contributed by atoms with van der Waals surface area (Å²) in [6.07, 6.45) is 0. The van der Waals surface area contributed by atoms with E-state index in [1.807, 2.05) is 18.2 Å². The molecule has 1 aliphatic heterocycles. The largest absolute Gasteiger partial charge is 0.451 e. The molecule has 0 spiro atoms. The number of nitrogens with one attached hydrogen (secondary N) is 2. The fourth-order valence-electron chi connectivity index (χ4n) is 3.51. The van der Waals surface area contributed by atoms with Gasteiger partial charge in [-0.3, -0.25) is 10.1 Å². The smallest absolute Gasteiger partial charge is 0.293 e. The first kappa shape index (κ1) is 21.8. The van der Waals surface area contributed by atoms with E-state index < -0.39 is 5.91 Å². The fourth-order valence-corrected chi connectivity index (χ4v) is 4.79. The predicted octanol–water partition coefficient (Wildman–Crippen LogP) is 5.17. The Morgan fingerprint density at radius 3 is 2.67 bits per heavy atom. The molecular weight excluding hydrogens is 480 g/mol. The van der Waals surface area contributed by atoms with Gasteiger partial charge in [0.05, 0.1) is 23.4 Å². The van der Waals surface area contributed by atoms with E-state index in [1.165, 1.54) is 11.3 Å². The summed E-state index contributed by atoms with van der Waals surface area (Å²) in [6, 6.07) is 16.7. The lowest BCUT2D eigenvalue weighted by Gasteiger charge is -2.28. The highest BCUT2D eigenvalue weighted by Crippen LogP contribution is 2.30. The summed E-state index contributed by atoms with van der Waals surface area (Å²) in [5.74, 6) is 0.282. The molecule has 7 nitrogen and oxygen atoms in total. The van der Waals surface area contributed by atoms with Crippen LogP contribution in [0.3, 0.4) is 0 Å². The molecule has 1 amide bonds. The van der Waals surface area contributed by atoms with Crippen LogP contribution < -0.4 is 15.5 Å². The maximum Gasteiger partial charge on any atom is 0.293 e. The fraction of sp³-hybridized carbons (Fsp3) is 0.174. The van der Waals surface area contributed by atoms with Gasteiger partial charge in [-0.15, -0.1) is 0 Å². The van der Waals surface area contributed by atoms with Crippen LogP contribution in [0.2, 0.25) is 5.02 Å². The minimum absolute atomic E-state index is 0.150. The van der Waals surface area contributed by atoms with E-state index in [9.17, 15) is 4.79 Å². The lowest BCUT2D eigenvalue weighted by Crippen LogP contribution is -2.36. The van der Waals surface area contributed by atoms with Crippen molar-refractivity contribution < 1.29 is 13.9 Å². The Morgan fingerprint density at radius 2 is 1.88 bits per heavy atom. The second-order valence-electron chi connectivity index (χ2n) is 7.35. The Hall–Kier alpha value is -2.98. The average molecular weight is 499 g/mol. The number of thiocarbonyl (C=S) groups is 1. The molecule has 0 atom stereocenters. The molecule has 0 bridgehead atoms. The number of morpholine rings is 1. The van der Waals surface area contributed by atoms with Gasteiger partial charge in [0.2, 0.25) is 0 Å². The van der Waals surface area contributed by atoms with Crippen LogP contribution in [-0.2, 0) is 4.74 Å². The van der Waals surface area contributed by atoms with Gasteiger partial charge >= 0.3 is 0 Å². The maximum atomic E-state index is 12.5. The molecule has 0 saturated carbocycles. The number of furan rings is 1. The van der Waals surface area contributed by atoms with Crippen LogP contribution in [0.1, 0.15) is 10.6 Å². The Bertz CT molecular complexity index is 1310. The van der Waals surface area contributed by atoms with Gasteiger partial charge in [0.15, 0.2) is 16.0 Å². The maximum absolute atomic E-state index is 12.5. The first-order chi connectivity index (χ1) is 16.0. The normalized spacial score (nSPS) is 13.8. The van der Waals surface area contributed by atoms with Gasteiger partial charge in [-0.25, -0.2) is 4.98 Å². The number of thiazole rings is 1. The summed E-state index contributed by atoms with van der Waals surface area (Å²) < 4.78 is 12.1. The van der Waals surface area contributed by atoms with Gasteiger partial charge < -0.3 is 19.4 Å². The molecule has 5 rings (SSSR count). The number of nitrogens with zero attached hydrogens (tertiary/aromatic N) is 2. The van der Waals surface area contributed by atoms with Crippen molar-refractivity contribution in [2.75, 3.05) is 36.5 Å². The first-order valence-corrected chi connectivity index (χ1v) is 11.9. The number of fused-ring (bicyclic) bond motifs is 1. The lowest BCUT2D eigenvalue weighted by atomic mass is 10.2.